The summed E-state index contributed by atoms with van der Waals surface area (Å²) >= 11 is 0. The summed E-state index contributed by atoms with van der Waals surface area (Å²) in [5, 5.41) is 19.0. The molecule has 0 saturated carbocycles. The molecule has 3 aromatic rings. The lowest BCUT2D eigenvalue weighted by molar-refractivity contribution is -0.184. The maximum Gasteiger partial charge on any atom is 0.368 e. The van der Waals surface area contributed by atoms with Crippen molar-refractivity contribution in [2.45, 2.75) is 18.6 Å². The number of esters is 2. The Labute approximate surface area is 268 Å². The Bertz CT molecular complexity index is 1780. The molecule has 0 aromatic carbocycles. The summed E-state index contributed by atoms with van der Waals surface area (Å²) in [5.74, 6) is -4.03. The summed E-state index contributed by atoms with van der Waals surface area (Å²) in [6.07, 6.45) is 5.64. The van der Waals surface area contributed by atoms with E-state index in [0.29, 0.717) is 17.1 Å². The predicted molar refractivity (Wildman–Crippen MR) is 165 cm³/mol. The summed E-state index contributed by atoms with van der Waals surface area (Å²) in [5.41, 5.74) is -0.681. The lowest BCUT2D eigenvalue weighted by Gasteiger charge is -2.32. The van der Waals surface area contributed by atoms with E-state index in [0.717, 1.165) is 18.1 Å². The van der Waals surface area contributed by atoms with Gasteiger partial charge in [0, 0.05) is 58.8 Å². The zero-order chi connectivity index (χ0) is 34.6. The Hall–Kier alpha value is -5.84. The van der Waals surface area contributed by atoms with E-state index in [2.05, 4.69) is 20.7 Å². The van der Waals surface area contributed by atoms with Crippen molar-refractivity contribution in [1.82, 2.24) is 18.6 Å². The van der Waals surface area contributed by atoms with Gasteiger partial charge >= 0.3 is 17.7 Å². The van der Waals surface area contributed by atoms with Gasteiger partial charge in [0.15, 0.2) is 5.76 Å². The molecule has 1 aliphatic heterocycles. The fourth-order valence-electron chi connectivity index (χ4n) is 5.08. The number of methoxy groups -OCH3 is 3. The number of aliphatic hydroxyl groups is 1. The minimum absolute atomic E-state index is 0.0817. The van der Waals surface area contributed by atoms with Gasteiger partial charge in [0.1, 0.15) is 17.1 Å². The number of hydrogen-bond acceptors (Lipinski definition) is 10. The van der Waals surface area contributed by atoms with Gasteiger partial charge in [-0.05, 0) is 24.6 Å². The molecule has 17 nitrogen and oxygen atoms in total. The van der Waals surface area contributed by atoms with Crippen LogP contribution in [-0.4, -0.2) is 92.9 Å². The normalized spacial score (nSPS) is 15.6. The Kier molecular flexibility index (Phi) is 9.89. The van der Waals surface area contributed by atoms with Gasteiger partial charge < -0.3 is 49.0 Å². The monoisotopic (exact) mass is 653 g/mol. The van der Waals surface area contributed by atoms with E-state index in [4.69, 9.17) is 9.47 Å². The number of ether oxygens (including phenoxy) is 3. The van der Waals surface area contributed by atoms with Crippen LogP contribution in [0.15, 0.2) is 48.6 Å². The zero-order valence-corrected chi connectivity index (χ0v) is 26.6. The van der Waals surface area contributed by atoms with Crippen LogP contribution in [-0.2, 0) is 49.7 Å². The minimum atomic E-state index is -2.43. The average molecular weight is 654 g/mol. The number of rotatable bonds is 12. The number of aryl methyl sites for hydroxylation is 3. The first-order valence-electron chi connectivity index (χ1n) is 14.1. The van der Waals surface area contributed by atoms with Crippen molar-refractivity contribution in [3.8, 4) is 0 Å². The first kappa shape index (κ1) is 34.0. The molecule has 4 amide bonds. The van der Waals surface area contributed by atoms with Gasteiger partial charge in [0.05, 0.1) is 38.4 Å². The third-order valence-electron chi connectivity index (χ3n) is 7.40. The number of nitrogens with zero attached hydrogens (tertiary/aromatic N) is 4. The highest BCUT2D eigenvalue weighted by Gasteiger charge is 2.54. The summed E-state index contributed by atoms with van der Waals surface area (Å²) < 4.78 is 18.9. The molecular weight excluding hydrogens is 618 g/mol. The molecule has 0 bridgehead atoms. The molecule has 4 rings (SSSR count). The van der Waals surface area contributed by atoms with Crippen LogP contribution < -0.4 is 16.0 Å². The summed E-state index contributed by atoms with van der Waals surface area (Å²) in [6, 6.07) is 4.43. The van der Waals surface area contributed by atoms with Gasteiger partial charge in [0.2, 0.25) is 5.91 Å². The van der Waals surface area contributed by atoms with Crippen molar-refractivity contribution >= 4 is 52.6 Å². The quantitative estimate of drug-likeness (QED) is 0.204. The average Bonchev–Trinajstić information content (AvgIpc) is 3.76. The highest BCUT2D eigenvalue weighted by molar-refractivity contribution is 6.07. The second-order valence-electron chi connectivity index (χ2n) is 10.6. The molecule has 3 aromatic heterocycles. The van der Waals surface area contributed by atoms with Crippen molar-refractivity contribution in [2.24, 2.45) is 21.1 Å². The van der Waals surface area contributed by atoms with Crippen molar-refractivity contribution < 1.29 is 48.1 Å². The van der Waals surface area contributed by atoms with Gasteiger partial charge in [-0.15, -0.1) is 0 Å². The van der Waals surface area contributed by atoms with Crippen LogP contribution in [0.3, 0.4) is 0 Å². The van der Waals surface area contributed by atoms with E-state index in [1.807, 2.05) is 0 Å². The Morgan fingerprint density at radius 3 is 1.74 bits per heavy atom. The van der Waals surface area contributed by atoms with E-state index in [1.54, 1.807) is 33.5 Å². The third-order valence-corrected chi connectivity index (χ3v) is 7.40. The molecule has 250 valence electrons. The van der Waals surface area contributed by atoms with Crippen molar-refractivity contribution in [3.05, 3.63) is 65.7 Å². The first-order valence-corrected chi connectivity index (χ1v) is 14.1. The number of aromatic nitrogens is 3. The smallest absolute Gasteiger partial charge is 0.368 e. The topological polar surface area (TPSA) is 204 Å². The number of amides is 4. The van der Waals surface area contributed by atoms with Crippen LogP contribution in [0.25, 0.3) is 0 Å². The van der Waals surface area contributed by atoms with E-state index in [-0.39, 0.29) is 42.2 Å². The van der Waals surface area contributed by atoms with Crippen molar-refractivity contribution in [1.29, 1.82) is 0 Å². The molecule has 1 aliphatic rings. The largest absolute Gasteiger partial charge is 0.495 e. The molecule has 4 heterocycles. The molecule has 47 heavy (non-hydrogen) atoms. The standard InChI is InChI=1S/C30H35N7O10/c1-34-14-17(31-24(38)8-7-9-37-25(39)13-23(45-4)30(37,44)29(43)47-6)10-20(34)26(40)32-18-11-21(35(2)15-18)27(41)33-19-12-22(28(42)46-5)36(3)16-19/h10-16,44H,7-9H2,1-6H3,(H,31,38)(H,32,40)(H,33,41). The minimum Gasteiger partial charge on any atom is -0.495 e. The fraction of sp³-hybridized carbons (Fsp3) is 0.333. The van der Waals surface area contributed by atoms with Gasteiger partial charge in [-0.25, -0.2) is 9.59 Å². The summed E-state index contributed by atoms with van der Waals surface area (Å²) in [7, 11) is 8.41. The predicted octanol–water partition coefficient (Wildman–Crippen LogP) is 0.946. The van der Waals surface area contributed by atoms with Gasteiger partial charge in [-0.3, -0.25) is 24.1 Å². The van der Waals surface area contributed by atoms with Crippen molar-refractivity contribution in [3.63, 3.8) is 0 Å². The summed E-state index contributed by atoms with van der Waals surface area (Å²) in [4.78, 5) is 76.0. The van der Waals surface area contributed by atoms with Crippen LogP contribution >= 0.6 is 0 Å². The van der Waals surface area contributed by atoms with E-state index in [1.165, 1.54) is 52.3 Å². The zero-order valence-electron chi connectivity index (χ0n) is 26.6. The number of nitrogens with one attached hydrogen (secondary N) is 3. The lowest BCUT2D eigenvalue weighted by atomic mass is 10.1. The van der Waals surface area contributed by atoms with Crippen LogP contribution in [0.2, 0.25) is 0 Å². The molecule has 17 heteroatoms. The molecule has 0 radical (unpaired) electrons. The third kappa shape index (κ3) is 6.89. The number of carbonyl (C=O) groups excluding carboxylic acids is 6. The highest BCUT2D eigenvalue weighted by atomic mass is 16.6. The maximum absolute atomic E-state index is 13.1. The van der Waals surface area contributed by atoms with Crippen molar-refractivity contribution in [2.75, 3.05) is 43.8 Å². The van der Waals surface area contributed by atoms with Crippen LogP contribution in [0.1, 0.15) is 44.3 Å². The molecule has 0 spiro atoms. The van der Waals surface area contributed by atoms with Crippen LogP contribution in [0.4, 0.5) is 17.1 Å². The summed E-state index contributed by atoms with van der Waals surface area (Å²) in [6.45, 7) is -0.152. The van der Waals surface area contributed by atoms with E-state index >= 15 is 0 Å². The Morgan fingerprint density at radius 2 is 1.26 bits per heavy atom. The van der Waals surface area contributed by atoms with Crippen LogP contribution in [0, 0.1) is 0 Å². The fourth-order valence-corrected chi connectivity index (χ4v) is 5.08. The van der Waals surface area contributed by atoms with Gasteiger partial charge in [-0.1, -0.05) is 0 Å². The maximum atomic E-state index is 13.1. The second-order valence-corrected chi connectivity index (χ2v) is 10.6. The Morgan fingerprint density at radius 1 is 0.766 bits per heavy atom. The first-order chi connectivity index (χ1) is 22.2. The number of hydrogen-bond donors (Lipinski definition) is 4. The lowest BCUT2D eigenvalue weighted by Crippen LogP contribution is -2.55. The number of anilines is 3. The van der Waals surface area contributed by atoms with E-state index < -0.39 is 41.3 Å². The molecular formula is C30H35N7O10. The SMILES string of the molecule is COC(=O)c1cc(NC(=O)c2cc(NC(=O)c3cc(NC(=O)CCCN4C(=O)C=C(OC)C4(O)C(=O)OC)cn3C)cn2C)cn1C. The number of carbonyl (C=O) groups is 6. The Balaban J connectivity index is 1.33. The molecule has 4 N–H and O–H groups in total. The molecule has 1 atom stereocenters. The second kappa shape index (κ2) is 13.7. The van der Waals surface area contributed by atoms with Gasteiger partial charge in [0.25, 0.3) is 17.7 Å². The molecule has 0 aliphatic carbocycles. The highest BCUT2D eigenvalue weighted by Crippen LogP contribution is 2.31. The molecule has 0 saturated heterocycles. The van der Waals surface area contributed by atoms with Gasteiger partial charge in [-0.2, -0.15) is 0 Å². The molecule has 1 unspecified atom stereocenters. The van der Waals surface area contributed by atoms with Crippen LogP contribution in [0.5, 0.6) is 0 Å². The van der Waals surface area contributed by atoms with E-state index in [9.17, 15) is 33.9 Å². The molecule has 0 fully saturated rings.